The van der Waals surface area contributed by atoms with Crippen LogP contribution in [0.4, 0.5) is 0 Å². The number of carbonyl (C=O) groups is 2. The number of thiazole rings is 1. The minimum atomic E-state index is -0.0781. The lowest BCUT2D eigenvalue weighted by Crippen LogP contribution is -2.44. The molecule has 0 aromatic carbocycles. The second-order valence-corrected chi connectivity index (χ2v) is 4.96. The third-order valence-electron chi connectivity index (χ3n) is 2.97. The molecule has 1 aliphatic rings. The molecule has 1 unspecified atom stereocenters. The minimum absolute atomic E-state index is 0.0129. The molecular formula is C11H15N3O2S. The normalized spacial score (nSPS) is 20.1. The zero-order chi connectivity index (χ0) is 12.3. The van der Waals surface area contributed by atoms with E-state index in [0.717, 1.165) is 19.4 Å². The van der Waals surface area contributed by atoms with Crippen molar-refractivity contribution in [3.05, 3.63) is 16.6 Å². The highest BCUT2D eigenvalue weighted by molar-refractivity contribution is 7.11. The van der Waals surface area contributed by atoms with Crippen molar-refractivity contribution in [2.45, 2.75) is 12.8 Å². The van der Waals surface area contributed by atoms with E-state index in [9.17, 15) is 9.59 Å². The third-order valence-corrected chi connectivity index (χ3v) is 3.73. The molecule has 0 spiro atoms. The van der Waals surface area contributed by atoms with Gasteiger partial charge in [-0.15, -0.1) is 11.3 Å². The van der Waals surface area contributed by atoms with Crippen molar-refractivity contribution >= 4 is 23.2 Å². The van der Waals surface area contributed by atoms with Gasteiger partial charge in [0.2, 0.25) is 5.91 Å². The number of piperidine rings is 1. The Hall–Kier alpha value is -1.43. The smallest absolute Gasteiger partial charge is 0.265 e. The molecule has 6 heteroatoms. The summed E-state index contributed by atoms with van der Waals surface area (Å²) < 4.78 is 0. The van der Waals surface area contributed by atoms with Crippen molar-refractivity contribution in [3.63, 3.8) is 0 Å². The Balaban J connectivity index is 2.02. The highest BCUT2D eigenvalue weighted by Crippen LogP contribution is 2.19. The Morgan fingerprint density at radius 3 is 3.06 bits per heavy atom. The maximum atomic E-state index is 12.1. The second-order valence-electron chi connectivity index (χ2n) is 4.07. The van der Waals surface area contributed by atoms with Crippen molar-refractivity contribution < 1.29 is 9.59 Å². The third kappa shape index (κ3) is 2.63. The van der Waals surface area contributed by atoms with E-state index in [4.69, 9.17) is 0 Å². The summed E-state index contributed by atoms with van der Waals surface area (Å²) in [5.41, 5.74) is 1.65. The Bertz CT molecular complexity index is 405. The van der Waals surface area contributed by atoms with Gasteiger partial charge < -0.3 is 10.2 Å². The summed E-state index contributed by atoms with van der Waals surface area (Å²) in [6.45, 7) is 1.24. The topological polar surface area (TPSA) is 62.3 Å². The number of hydrogen-bond donors (Lipinski definition) is 1. The van der Waals surface area contributed by atoms with Crippen molar-refractivity contribution in [2.24, 2.45) is 5.92 Å². The van der Waals surface area contributed by atoms with E-state index in [1.165, 1.54) is 11.3 Å². The second kappa shape index (κ2) is 5.27. The SMILES string of the molecule is CNC(=O)C1CCCN(C(=O)c2cncs2)C1. The van der Waals surface area contributed by atoms with Gasteiger partial charge in [-0.3, -0.25) is 14.6 Å². The summed E-state index contributed by atoms with van der Waals surface area (Å²) in [7, 11) is 1.63. The molecule has 2 heterocycles. The van der Waals surface area contributed by atoms with Crippen LogP contribution in [0.3, 0.4) is 0 Å². The molecule has 0 aliphatic carbocycles. The van der Waals surface area contributed by atoms with Gasteiger partial charge in [0.25, 0.3) is 5.91 Å². The van der Waals surface area contributed by atoms with Gasteiger partial charge in [-0.05, 0) is 12.8 Å². The van der Waals surface area contributed by atoms with E-state index in [2.05, 4.69) is 10.3 Å². The number of carbonyl (C=O) groups excluding carboxylic acids is 2. The summed E-state index contributed by atoms with van der Waals surface area (Å²) in [6.07, 6.45) is 3.31. The zero-order valence-electron chi connectivity index (χ0n) is 9.68. The van der Waals surface area contributed by atoms with E-state index in [1.54, 1.807) is 23.7 Å². The van der Waals surface area contributed by atoms with E-state index in [-0.39, 0.29) is 17.7 Å². The Morgan fingerprint density at radius 1 is 1.59 bits per heavy atom. The Morgan fingerprint density at radius 2 is 2.41 bits per heavy atom. The van der Waals surface area contributed by atoms with Gasteiger partial charge in [-0.25, -0.2) is 0 Å². The number of hydrogen-bond acceptors (Lipinski definition) is 4. The van der Waals surface area contributed by atoms with Crippen LogP contribution in [0.25, 0.3) is 0 Å². The molecular weight excluding hydrogens is 238 g/mol. The first-order valence-corrected chi connectivity index (χ1v) is 6.49. The number of nitrogens with one attached hydrogen (secondary N) is 1. The molecule has 1 N–H and O–H groups in total. The number of likely N-dealkylation sites (tertiary alicyclic amines) is 1. The quantitative estimate of drug-likeness (QED) is 0.845. The van der Waals surface area contributed by atoms with Crippen LogP contribution < -0.4 is 5.32 Å². The first-order valence-electron chi connectivity index (χ1n) is 5.61. The van der Waals surface area contributed by atoms with E-state index >= 15 is 0 Å². The van der Waals surface area contributed by atoms with E-state index in [0.29, 0.717) is 11.4 Å². The van der Waals surface area contributed by atoms with Gasteiger partial charge in [-0.1, -0.05) is 0 Å². The maximum Gasteiger partial charge on any atom is 0.265 e. The van der Waals surface area contributed by atoms with Gasteiger partial charge >= 0.3 is 0 Å². The van der Waals surface area contributed by atoms with Crippen molar-refractivity contribution in [2.75, 3.05) is 20.1 Å². The van der Waals surface area contributed by atoms with Crippen LogP contribution in [0.2, 0.25) is 0 Å². The van der Waals surface area contributed by atoms with Gasteiger partial charge in [0.05, 0.1) is 17.6 Å². The molecule has 1 fully saturated rings. The summed E-state index contributed by atoms with van der Waals surface area (Å²) in [5, 5.41) is 2.64. The summed E-state index contributed by atoms with van der Waals surface area (Å²) >= 11 is 1.34. The first kappa shape index (κ1) is 12.0. The fraction of sp³-hybridized carbons (Fsp3) is 0.545. The lowest BCUT2D eigenvalue weighted by molar-refractivity contribution is -0.125. The van der Waals surface area contributed by atoms with Gasteiger partial charge in [-0.2, -0.15) is 0 Å². The fourth-order valence-electron chi connectivity index (χ4n) is 2.06. The summed E-state index contributed by atoms with van der Waals surface area (Å²) in [6, 6.07) is 0. The number of rotatable bonds is 2. The monoisotopic (exact) mass is 253 g/mol. The molecule has 0 bridgehead atoms. The van der Waals surface area contributed by atoms with Gasteiger partial charge in [0, 0.05) is 20.1 Å². The molecule has 0 saturated carbocycles. The van der Waals surface area contributed by atoms with Crippen LogP contribution in [-0.4, -0.2) is 41.8 Å². The molecule has 2 rings (SSSR count). The summed E-state index contributed by atoms with van der Waals surface area (Å²) in [4.78, 5) is 29.9. The molecule has 17 heavy (non-hydrogen) atoms. The lowest BCUT2D eigenvalue weighted by Gasteiger charge is -2.31. The van der Waals surface area contributed by atoms with Crippen LogP contribution in [0.5, 0.6) is 0 Å². The van der Waals surface area contributed by atoms with Crippen LogP contribution in [0.15, 0.2) is 11.7 Å². The molecule has 1 atom stereocenters. The molecule has 1 aromatic rings. The number of nitrogens with zero attached hydrogens (tertiary/aromatic N) is 2. The average Bonchev–Trinajstić information content (AvgIpc) is 2.91. The maximum absolute atomic E-state index is 12.1. The largest absolute Gasteiger partial charge is 0.359 e. The minimum Gasteiger partial charge on any atom is -0.359 e. The molecule has 1 saturated heterocycles. The average molecular weight is 253 g/mol. The Kier molecular flexibility index (Phi) is 3.73. The molecule has 1 aromatic heterocycles. The summed E-state index contributed by atoms with van der Waals surface area (Å²) in [5.74, 6) is -0.0708. The van der Waals surface area contributed by atoms with Gasteiger partial charge in [0.15, 0.2) is 0 Å². The highest BCUT2D eigenvalue weighted by atomic mass is 32.1. The van der Waals surface area contributed by atoms with Crippen molar-refractivity contribution in [1.82, 2.24) is 15.2 Å². The number of amides is 2. The van der Waals surface area contributed by atoms with Crippen LogP contribution in [0.1, 0.15) is 22.5 Å². The predicted octanol–water partition coefficient (Wildman–Crippen LogP) is 0.741. The first-order chi connectivity index (χ1) is 8.22. The van der Waals surface area contributed by atoms with Crippen LogP contribution >= 0.6 is 11.3 Å². The van der Waals surface area contributed by atoms with Gasteiger partial charge in [0.1, 0.15) is 4.88 Å². The lowest BCUT2D eigenvalue weighted by atomic mass is 9.97. The molecule has 2 amide bonds. The Labute approximate surface area is 104 Å². The zero-order valence-corrected chi connectivity index (χ0v) is 10.5. The van der Waals surface area contributed by atoms with Crippen LogP contribution in [0, 0.1) is 5.92 Å². The van der Waals surface area contributed by atoms with Crippen molar-refractivity contribution in [3.8, 4) is 0 Å². The molecule has 5 nitrogen and oxygen atoms in total. The van der Waals surface area contributed by atoms with E-state index < -0.39 is 0 Å². The van der Waals surface area contributed by atoms with Crippen molar-refractivity contribution in [1.29, 1.82) is 0 Å². The molecule has 92 valence electrons. The fourth-order valence-corrected chi connectivity index (χ4v) is 2.64. The highest BCUT2D eigenvalue weighted by Gasteiger charge is 2.28. The predicted molar refractivity (Wildman–Crippen MR) is 64.8 cm³/mol. The van der Waals surface area contributed by atoms with Crippen LogP contribution in [-0.2, 0) is 4.79 Å². The number of aromatic nitrogens is 1. The molecule has 0 radical (unpaired) electrons. The molecule has 1 aliphatic heterocycles. The van der Waals surface area contributed by atoms with E-state index in [1.807, 2.05) is 0 Å². The standard InChI is InChI=1S/C11H15N3O2S/c1-12-10(15)8-3-2-4-14(6-8)11(16)9-5-13-7-17-9/h5,7-8H,2-4,6H2,1H3,(H,12,15).